The number of β-lactam (4-membered cyclic amide) rings is 1. The number of fused-ring (bicyclic) bond motifs is 1. The Balaban J connectivity index is 1.50. The maximum atomic E-state index is 13.1. The molecule has 9 N–H and O–H groups in total. The number of nitrogens with zero attached hydrogens (tertiary/aromatic N) is 5. The smallest absolute Gasteiger partial charge is 0.353 e. The van der Waals surface area contributed by atoms with Gasteiger partial charge in [-0.2, -0.15) is 0 Å². The predicted molar refractivity (Wildman–Crippen MR) is 154 cm³/mol. The molecule has 0 aliphatic carbocycles. The van der Waals surface area contributed by atoms with Gasteiger partial charge in [0.25, 0.3) is 11.8 Å². The van der Waals surface area contributed by atoms with E-state index < -0.39 is 41.4 Å². The third kappa shape index (κ3) is 6.72. The van der Waals surface area contributed by atoms with Crippen LogP contribution in [-0.4, -0.2) is 79.2 Å². The second kappa shape index (κ2) is 13.2. The molecule has 3 amide bonds. The van der Waals surface area contributed by atoms with Crippen LogP contribution in [0.5, 0.6) is 0 Å². The Labute approximate surface area is 248 Å². The van der Waals surface area contributed by atoms with Gasteiger partial charge in [0, 0.05) is 44.0 Å². The number of nitrogen functional groups attached to an aromatic ring is 1. The number of carboxylic acid groups (broad SMARTS) is 1. The molecular formula is C21H22N10O6S4. The van der Waals surface area contributed by atoms with E-state index in [4.69, 9.17) is 17.2 Å². The van der Waals surface area contributed by atoms with E-state index in [-0.39, 0.29) is 34.0 Å². The highest BCUT2D eigenvalue weighted by Gasteiger charge is 2.54. The van der Waals surface area contributed by atoms with Crippen LogP contribution in [0.1, 0.15) is 11.7 Å². The minimum absolute atomic E-state index is 0.0577. The number of guanidine groups is 1. The number of thiazole rings is 1. The second-order valence-electron chi connectivity index (χ2n) is 8.18. The van der Waals surface area contributed by atoms with Crippen LogP contribution in [0, 0.1) is 4.91 Å². The highest BCUT2D eigenvalue weighted by Crippen LogP contribution is 2.46. The standard InChI is InChI=1S/C21H22N10O6S4/c22-20(23)28-12(26-7-32)6-38-10-3-25-2-1-9(10)41-11-5-39-18-14(17(34)31(18)15(11)19(35)36)29-16(33)13(30-37)8-4-40-21(24)27-8/h1-4,7,12-14,18H,5-6H2,(H2,24,27)(H,26,32)(H,29,33)(H,35,36)(H4,22,23,28)/t12?,13?,14-,18+/m1/s1. The molecule has 2 aromatic heterocycles. The van der Waals surface area contributed by atoms with Gasteiger partial charge in [-0.05, 0) is 11.2 Å². The number of hydrogen-bond acceptors (Lipinski definition) is 14. The number of thioether (sulfide) groups is 3. The van der Waals surface area contributed by atoms with Gasteiger partial charge in [-0.1, -0.05) is 11.8 Å². The number of pyridine rings is 1. The van der Waals surface area contributed by atoms with E-state index in [1.807, 2.05) is 0 Å². The number of aliphatic imine (C=N–C) groups is 1. The SMILES string of the molecule is NC(N)=NC(CSc1cnccc1SC1=C(C(=O)O)N2C(=O)[C@@H](NC(=O)C(N=O)c3csc(N)n3)[C@@H]2SC1)NC=O. The van der Waals surface area contributed by atoms with Crippen molar-refractivity contribution in [3.63, 3.8) is 0 Å². The third-order valence-electron chi connectivity index (χ3n) is 5.55. The topological polar surface area (TPSA) is 261 Å². The molecule has 41 heavy (non-hydrogen) atoms. The fraction of sp³-hybridized carbons (Fsp3) is 0.286. The summed E-state index contributed by atoms with van der Waals surface area (Å²) in [5.74, 6) is -2.51. The van der Waals surface area contributed by atoms with Crippen LogP contribution in [0.15, 0.2) is 54.4 Å². The van der Waals surface area contributed by atoms with E-state index in [2.05, 4.69) is 30.8 Å². The summed E-state index contributed by atoms with van der Waals surface area (Å²) in [6.45, 7) is 0. The van der Waals surface area contributed by atoms with Crippen LogP contribution < -0.4 is 27.8 Å². The number of carbonyl (C=O) groups is 4. The summed E-state index contributed by atoms with van der Waals surface area (Å²) in [5.41, 5.74) is 16.3. The normalized spacial score (nSPS) is 19.3. The van der Waals surface area contributed by atoms with Gasteiger partial charge in [-0.15, -0.1) is 39.8 Å². The number of amides is 3. The van der Waals surface area contributed by atoms with Gasteiger partial charge < -0.3 is 32.9 Å². The monoisotopic (exact) mass is 638 g/mol. The molecule has 4 rings (SSSR count). The molecule has 0 bridgehead atoms. The number of rotatable bonds is 13. The molecule has 0 saturated carbocycles. The minimum atomic E-state index is -1.50. The molecule has 2 unspecified atom stereocenters. The molecule has 0 spiro atoms. The van der Waals surface area contributed by atoms with E-state index in [0.717, 1.165) is 28.0 Å². The summed E-state index contributed by atoms with van der Waals surface area (Å²) in [6.07, 6.45) is 2.89. The molecule has 216 valence electrons. The quantitative estimate of drug-likeness (QED) is 0.0416. The average Bonchev–Trinajstić information content (AvgIpc) is 3.36. The lowest BCUT2D eigenvalue weighted by molar-refractivity contribution is -0.150. The van der Waals surface area contributed by atoms with E-state index in [0.29, 0.717) is 21.1 Å². The van der Waals surface area contributed by atoms with Crippen molar-refractivity contribution < 1.29 is 24.3 Å². The van der Waals surface area contributed by atoms with E-state index in [1.165, 1.54) is 35.1 Å². The van der Waals surface area contributed by atoms with Crippen LogP contribution in [0.2, 0.25) is 0 Å². The first kappa shape index (κ1) is 30.1. The van der Waals surface area contributed by atoms with Gasteiger partial charge in [-0.3, -0.25) is 24.3 Å². The van der Waals surface area contributed by atoms with Crippen LogP contribution in [-0.2, 0) is 19.2 Å². The Morgan fingerprint density at radius 1 is 1.34 bits per heavy atom. The largest absolute Gasteiger partial charge is 0.477 e. The third-order valence-corrected chi connectivity index (χ3v) is 10.1. The molecule has 0 radical (unpaired) electrons. The van der Waals surface area contributed by atoms with Gasteiger partial charge in [0.1, 0.15) is 23.3 Å². The van der Waals surface area contributed by atoms with Crippen LogP contribution >= 0.6 is 46.6 Å². The number of carbonyl (C=O) groups excluding carboxylic acids is 3. The molecule has 1 fully saturated rings. The number of nitrogens with one attached hydrogen (secondary N) is 2. The molecule has 2 aliphatic rings. The minimum Gasteiger partial charge on any atom is -0.477 e. The number of nitrogens with two attached hydrogens (primary N) is 3. The lowest BCUT2D eigenvalue weighted by Gasteiger charge is -2.49. The molecule has 16 nitrogen and oxygen atoms in total. The lowest BCUT2D eigenvalue weighted by atomic mass is 10.0. The highest BCUT2D eigenvalue weighted by molar-refractivity contribution is 8.07. The molecule has 4 atom stereocenters. The van der Waals surface area contributed by atoms with Crippen molar-refractivity contribution in [2.24, 2.45) is 21.6 Å². The first-order valence-electron chi connectivity index (χ1n) is 11.4. The molecule has 2 aliphatic heterocycles. The van der Waals surface area contributed by atoms with Crippen LogP contribution in [0.25, 0.3) is 0 Å². The summed E-state index contributed by atoms with van der Waals surface area (Å²) in [7, 11) is 0. The zero-order valence-electron chi connectivity index (χ0n) is 20.7. The van der Waals surface area contributed by atoms with Crippen molar-refractivity contribution in [2.75, 3.05) is 17.2 Å². The number of aromatic nitrogens is 2. The Kier molecular flexibility index (Phi) is 9.68. The van der Waals surface area contributed by atoms with Gasteiger partial charge in [0.05, 0.1) is 5.69 Å². The first-order valence-corrected chi connectivity index (χ1v) is 15.2. The van der Waals surface area contributed by atoms with Gasteiger partial charge in [-0.25, -0.2) is 14.8 Å². The van der Waals surface area contributed by atoms with Gasteiger partial charge in [0.15, 0.2) is 11.1 Å². The number of anilines is 1. The molecular weight excluding hydrogens is 617 g/mol. The van der Waals surface area contributed by atoms with Crippen molar-refractivity contribution in [2.45, 2.75) is 33.4 Å². The van der Waals surface area contributed by atoms with Crippen molar-refractivity contribution in [3.05, 3.63) is 45.0 Å². The number of nitroso groups, excluding NO2 is 1. The number of aliphatic carboxylic acids is 1. The predicted octanol–water partition coefficient (Wildman–Crippen LogP) is -0.146. The lowest BCUT2D eigenvalue weighted by Crippen LogP contribution is -2.70. The second-order valence-corrected chi connectivity index (χ2v) is 12.4. The summed E-state index contributed by atoms with van der Waals surface area (Å²) < 4.78 is 0. The zero-order chi connectivity index (χ0) is 29.7. The van der Waals surface area contributed by atoms with Crippen molar-refractivity contribution >= 4 is 81.9 Å². The molecule has 1 saturated heterocycles. The highest BCUT2D eigenvalue weighted by atomic mass is 32.2. The number of carboxylic acids is 1. The maximum Gasteiger partial charge on any atom is 0.353 e. The Hall–Kier alpha value is -3.88. The fourth-order valence-corrected chi connectivity index (χ4v) is 8.01. The summed E-state index contributed by atoms with van der Waals surface area (Å²) >= 11 is 4.74. The van der Waals surface area contributed by atoms with E-state index in [1.54, 1.807) is 12.3 Å². The van der Waals surface area contributed by atoms with Gasteiger partial charge in [0.2, 0.25) is 12.5 Å². The van der Waals surface area contributed by atoms with Crippen molar-refractivity contribution in [3.8, 4) is 0 Å². The molecule has 4 heterocycles. The fourth-order valence-electron chi connectivity index (χ4n) is 3.81. The average molecular weight is 639 g/mol. The Bertz CT molecular complexity index is 1430. The number of hydrogen-bond donors (Lipinski definition) is 6. The summed E-state index contributed by atoms with van der Waals surface area (Å²) in [4.78, 5) is 75.1. The first-order chi connectivity index (χ1) is 19.6. The van der Waals surface area contributed by atoms with Crippen LogP contribution in [0.3, 0.4) is 0 Å². The zero-order valence-corrected chi connectivity index (χ0v) is 24.0. The molecule has 0 aromatic carbocycles. The van der Waals surface area contributed by atoms with E-state index in [9.17, 15) is 29.2 Å². The van der Waals surface area contributed by atoms with Crippen molar-refractivity contribution in [1.82, 2.24) is 25.5 Å². The Morgan fingerprint density at radius 3 is 2.76 bits per heavy atom. The molecule has 20 heteroatoms. The summed E-state index contributed by atoms with van der Waals surface area (Å²) in [5, 5.41) is 18.7. The molecule has 2 aromatic rings. The van der Waals surface area contributed by atoms with Crippen molar-refractivity contribution in [1.29, 1.82) is 0 Å². The summed E-state index contributed by atoms with van der Waals surface area (Å²) in [6, 6.07) is -0.869. The van der Waals surface area contributed by atoms with Crippen LogP contribution in [0.4, 0.5) is 5.13 Å². The maximum absolute atomic E-state index is 13.1. The Morgan fingerprint density at radius 2 is 2.12 bits per heavy atom. The van der Waals surface area contributed by atoms with Gasteiger partial charge >= 0.3 is 5.97 Å². The van der Waals surface area contributed by atoms with E-state index >= 15 is 0 Å².